The van der Waals surface area contributed by atoms with Gasteiger partial charge in [-0.2, -0.15) is 18.3 Å². The Labute approximate surface area is 208 Å². The second-order valence-corrected chi connectivity index (χ2v) is 9.54. The van der Waals surface area contributed by atoms with Crippen LogP contribution in [0.25, 0.3) is 0 Å². The SMILES string of the molecule is CCC1CC=C(Cl)C(=Nc2cc(C)[nH]n2)N=C1Nc1cc(C(F)(F)F)c(C2CCNCC2)cc1C. The smallest absolute Gasteiger partial charge is 0.343 e. The van der Waals surface area contributed by atoms with Gasteiger partial charge in [0.15, 0.2) is 11.7 Å². The molecule has 35 heavy (non-hydrogen) atoms. The highest BCUT2D eigenvalue weighted by molar-refractivity contribution is 6.44. The molecule has 0 saturated carbocycles. The largest absolute Gasteiger partial charge is 0.416 e. The molecule has 6 nitrogen and oxygen atoms in total. The Morgan fingerprint density at radius 3 is 2.54 bits per heavy atom. The molecule has 3 heterocycles. The van der Waals surface area contributed by atoms with E-state index in [0.717, 1.165) is 30.8 Å². The van der Waals surface area contributed by atoms with Crippen molar-refractivity contribution >= 4 is 34.8 Å². The molecule has 0 amide bonds. The molecule has 2 aliphatic rings. The highest BCUT2D eigenvalue weighted by Crippen LogP contribution is 2.41. The molecule has 3 N–H and O–H groups in total. The third-order valence-electron chi connectivity index (χ3n) is 6.56. The van der Waals surface area contributed by atoms with Gasteiger partial charge in [-0.05, 0) is 75.7 Å². The van der Waals surface area contributed by atoms with E-state index in [-0.39, 0.29) is 17.7 Å². The van der Waals surface area contributed by atoms with Crippen LogP contribution in [0, 0.1) is 19.8 Å². The fourth-order valence-electron chi connectivity index (χ4n) is 4.56. The van der Waals surface area contributed by atoms with Gasteiger partial charge in [0.05, 0.1) is 10.6 Å². The molecule has 1 aromatic heterocycles. The van der Waals surface area contributed by atoms with Gasteiger partial charge in [-0.1, -0.05) is 30.7 Å². The number of aryl methyl sites for hydroxylation is 2. The van der Waals surface area contributed by atoms with Crippen molar-refractivity contribution < 1.29 is 13.2 Å². The number of halogens is 4. The first-order chi connectivity index (χ1) is 16.7. The van der Waals surface area contributed by atoms with Crippen molar-refractivity contribution in [2.24, 2.45) is 15.9 Å². The number of hydrogen-bond acceptors (Lipinski definition) is 4. The van der Waals surface area contributed by atoms with Gasteiger partial charge >= 0.3 is 6.18 Å². The van der Waals surface area contributed by atoms with Crippen molar-refractivity contribution in [2.75, 3.05) is 18.4 Å². The van der Waals surface area contributed by atoms with E-state index < -0.39 is 11.7 Å². The molecule has 2 aliphatic heterocycles. The number of hydrogen-bond donors (Lipinski definition) is 3. The summed E-state index contributed by atoms with van der Waals surface area (Å²) in [4.78, 5) is 9.12. The van der Waals surface area contributed by atoms with E-state index in [1.807, 2.05) is 26.8 Å². The maximum absolute atomic E-state index is 14.1. The average Bonchev–Trinajstić information content (AvgIpc) is 3.17. The van der Waals surface area contributed by atoms with Crippen LogP contribution in [0.1, 0.15) is 60.9 Å². The lowest BCUT2D eigenvalue weighted by Crippen LogP contribution is -2.28. The number of piperidine rings is 1. The summed E-state index contributed by atoms with van der Waals surface area (Å²) >= 11 is 6.46. The van der Waals surface area contributed by atoms with Gasteiger partial charge in [-0.3, -0.25) is 5.10 Å². The summed E-state index contributed by atoms with van der Waals surface area (Å²) in [7, 11) is 0. The summed E-state index contributed by atoms with van der Waals surface area (Å²) in [6.07, 6.45) is 0.111. The van der Waals surface area contributed by atoms with Crippen molar-refractivity contribution in [3.8, 4) is 0 Å². The first kappa shape index (κ1) is 25.4. The van der Waals surface area contributed by atoms with Crippen molar-refractivity contribution in [1.29, 1.82) is 0 Å². The van der Waals surface area contributed by atoms with Crippen LogP contribution in [-0.2, 0) is 6.18 Å². The van der Waals surface area contributed by atoms with Crippen molar-refractivity contribution in [3.05, 3.63) is 51.7 Å². The van der Waals surface area contributed by atoms with E-state index in [9.17, 15) is 13.2 Å². The van der Waals surface area contributed by atoms with E-state index in [0.29, 0.717) is 47.2 Å². The Balaban J connectivity index is 1.73. The minimum Gasteiger partial charge on any atom is -0.343 e. The van der Waals surface area contributed by atoms with Gasteiger partial charge in [0.2, 0.25) is 0 Å². The van der Waals surface area contributed by atoms with Crippen LogP contribution in [0.2, 0.25) is 0 Å². The molecule has 1 saturated heterocycles. The van der Waals surface area contributed by atoms with E-state index in [1.165, 1.54) is 6.07 Å². The number of rotatable bonds is 4. The Morgan fingerprint density at radius 1 is 1.17 bits per heavy atom. The van der Waals surface area contributed by atoms with Gasteiger partial charge in [-0.25, -0.2) is 9.98 Å². The number of amidine groups is 2. The van der Waals surface area contributed by atoms with Crippen LogP contribution in [-0.4, -0.2) is 35.0 Å². The van der Waals surface area contributed by atoms with Crippen LogP contribution in [0.15, 0.2) is 39.3 Å². The zero-order valence-corrected chi connectivity index (χ0v) is 20.8. The summed E-state index contributed by atoms with van der Waals surface area (Å²) < 4.78 is 42.4. The minimum atomic E-state index is -4.45. The van der Waals surface area contributed by atoms with Crippen LogP contribution >= 0.6 is 11.6 Å². The van der Waals surface area contributed by atoms with Crippen LogP contribution < -0.4 is 10.6 Å². The van der Waals surface area contributed by atoms with Gasteiger partial charge in [0.1, 0.15) is 5.84 Å². The molecule has 1 atom stereocenters. The lowest BCUT2D eigenvalue weighted by atomic mass is 9.85. The molecule has 0 aliphatic carbocycles. The quantitative estimate of drug-likeness (QED) is 0.437. The molecule has 0 spiro atoms. The second-order valence-electron chi connectivity index (χ2n) is 9.14. The predicted molar refractivity (Wildman–Crippen MR) is 135 cm³/mol. The Morgan fingerprint density at radius 2 is 1.91 bits per heavy atom. The number of alkyl halides is 3. The number of aromatic amines is 1. The highest BCUT2D eigenvalue weighted by atomic mass is 35.5. The van der Waals surface area contributed by atoms with Gasteiger partial charge in [-0.15, -0.1) is 0 Å². The number of aliphatic imine (C=N–C) groups is 2. The molecule has 188 valence electrons. The monoisotopic (exact) mass is 506 g/mol. The first-order valence-corrected chi connectivity index (χ1v) is 12.3. The number of H-pyrrole nitrogens is 1. The van der Waals surface area contributed by atoms with E-state index in [1.54, 1.807) is 12.1 Å². The predicted octanol–water partition coefficient (Wildman–Crippen LogP) is 6.61. The minimum absolute atomic E-state index is 0.0461. The number of nitrogens with zero attached hydrogens (tertiary/aromatic N) is 3. The molecule has 0 bridgehead atoms. The topological polar surface area (TPSA) is 77.5 Å². The number of anilines is 1. The number of benzene rings is 1. The third kappa shape index (κ3) is 5.95. The van der Waals surface area contributed by atoms with Gasteiger partial charge < -0.3 is 10.6 Å². The van der Waals surface area contributed by atoms with Gasteiger partial charge in [0, 0.05) is 23.4 Å². The number of nitrogens with one attached hydrogen (secondary N) is 3. The molecule has 0 radical (unpaired) electrons. The van der Waals surface area contributed by atoms with E-state index in [4.69, 9.17) is 11.6 Å². The fourth-order valence-corrected chi connectivity index (χ4v) is 4.74. The molecular formula is C25H30ClF3N6. The van der Waals surface area contributed by atoms with Crippen LogP contribution in [0.5, 0.6) is 0 Å². The fraction of sp³-hybridized carbons (Fsp3) is 0.480. The zero-order valence-electron chi connectivity index (χ0n) is 20.1. The average molecular weight is 507 g/mol. The molecular weight excluding hydrogens is 477 g/mol. The molecule has 1 aromatic carbocycles. The maximum atomic E-state index is 14.1. The van der Waals surface area contributed by atoms with Gasteiger partial charge in [0.25, 0.3) is 0 Å². The second kappa shape index (κ2) is 10.5. The molecule has 1 fully saturated rings. The van der Waals surface area contributed by atoms with Crippen molar-refractivity contribution in [3.63, 3.8) is 0 Å². The molecule has 10 heteroatoms. The Hall–Kier alpha value is -2.65. The summed E-state index contributed by atoms with van der Waals surface area (Å²) in [6.45, 7) is 7.15. The lowest BCUT2D eigenvalue weighted by Gasteiger charge is -2.27. The van der Waals surface area contributed by atoms with E-state index >= 15 is 0 Å². The lowest BCUT2D eigenvalue weighted by molar-refractivity contribution is -0.138. The third-order valence-corrected chi connectivity index (χ3v) is 6.88. The van der Waals surface area contributed by atoms with Crippen LogP contribution in [0.3, 0.4) is 0 Å². The molecule has 4 rings (SSSR count). The summed E-state index contributed by atoms with van der Waals surface area (Å²) in [6, 6.07) is 4.68. The highest BCUT2D eigenvalue weighted by Gasteiger charge is 2.36. The summed E-state index contributed by atoms with van der Waals surface area (Å²) in [5.41, 5.74) is 1.76. The van der Waals surface area contributed by atoms with Crippen molar-refractivity contribution in [1.82, 2.24) is 15.5 Å². The summed E-state index contributed by atoms with van der Waals surface area (Å²) in [5.74, 6) is 1.09. The van der Waals surface area contributed by atoms with Crippen molar-refractivity contribution in [2.45, 2.75) is 58.5 Å². The Bertz CT molecular complexity index is 1160. The number of allylic oxidation sites excluding steroid dienone is 1. The first-order valence-electron chi connectivity index (χ1n) is 11.9. The van der Waals surface area contributed by atoms with E-state index in [2.05, 4.69) is 30.8 Å². The molecule has 1 unspecified atom stereocenters. The summed E-state index contributed by atoms with van der Waals surface area (Å²) in [5, 5.41) is 13.8. The normalized spacial score (nSPS) is 21.0. The number of aromatic nitrogens is 2. The standard InChI is InChI=1S/C25H30ClF3N6/c1-4-16-5-6-20(26)24(32-22-12-15(3)34-35-22)33-23(16)31-21-13-19(25(27,28)29)18(11-14(21)2)17-7-9-30-10-8-17/h6,11-13,16-17,30H,4-5,7-10H2,1-3H3,(H2,31,32,33,34,35). The van der Waals surface area contributed by atoms with Crippen LogP contribution in [0.4, 0.5) is 24.7 Å². The molecule has 2 aromatic rings. The zero-order chi connectivity index (χ0) is 25.2. The Kier molecular flexibility index (Phi) is 7.66. The maximum Gasteiger partial charge on any atom is 0.416 e.